The summed E-state index contributed by atoms with van der Waals surface area (Å²) in [6.45, 7) is 9.14. The van der Waals surface area contributed by atoms with E-state index in [4.69, 9.17) is 9.47 Å². The fourth-order valence-electron chi connectivity index (χ4n) is 1.79. The van der Waals surface area contributed by atoms with Crippen LogP contribution in [-0.2, 0) is 9.47 Å². The summed E-state index contributed by atoms with van der Waals surface area (Å²) in [6.07, 6.45) is 0. The molecule has 0 atom stereocenters. The quantitative estimate of drug-likeness (QED) is 0.485. The zero-order valence-corrected chi connectivity index (χ0v) is 11.7. The summed E-state index contributed by atoms with van der Waals surface area (Å²) in [7, 11) is 1.70. The molecule has 0 N–H and O–H groups in total. The predicted molar refractivity (Wildman–Crippen MR) is 69.4 cm³/mol. The second-order valence-corrected chi connectivity index (χ2v) is 4.77. The van der Waals surface area contributed by atoms with Gasteiger partial charge in [0.25, 0.3) is 0 Å². The number of alkyl halides is 1. The van der Waals surface area contributed by atoms with E-state index in [9.17, 15) is 0 Å². The molecule has 5 heteroatoms. The average Bonchev–Trinajstić information content (AvgIpc) is 2.31. The van der Waals surface area contributed by atoms with E-state index < -0.39 is 0 Å². The lowest BCUT2D eigenvalue weighted by Crippen LogP contribution is -2.47. The van der Waals surface area contributed by atoms with E-state index >= 15 is 0 Å². The maximum atomic E-state index is 5.46. The van der Waals surface area contributed by atoms with E-state index in [0.717, 1.165) is 25.0 Å². The number of rotatable bonds is 8. The highest BCUT2D eigenvalue weighted by Crippen LogP contribution is 2.01. The summed E-state index contributed by atoms with van der Waals surface area (Å²) < 4.78 is 10.4. The zero-order chi connectivity index (χ0) is 11.6. The van der Waals surface area contributed by atoms with Crippen molar-refractivity contribution in [2.45, 2.75) is 0 Å². The highest BCUT2D eigenvalue weighted by Gasteiger charge is 2.15. The van der Waals surface area contributed by atoms with Crippen molar-refractivity contribution in [3.05, 3.63) is 0 Å². The highest BCUT2D eigenvalue weighted by atomic mass is 79.9. The smallest absolute Gasteiger partial charge is 0.0700 e. The number of hydrogen-bond acceptors (Lipinski definition) is 4. The number of halogens is 1. The lowest BCUT2D eigenvalue weighted by Gasteiger charge is -2.34. The van der Waals surface area contributed by atoms with Crippen LogP contribution in [0.3, 0.4) is 0 Å². The first-order valence-electron chi connectivity index (χ1n) is 5.94. The van der Waals surface area contributed by atoms with E-state index in [1.165, 1.54) is 26.2 Å². The first kappa shape index (κ1) is 14.4. The van der Waals surface area contributed by atoms with Gasteiger partial charge in [-0.3, -0.25) is 9.80 Å². The third kappa shape index (κ3) is 6.15. The van der Waals surface area contributed by atoms with Crippen molar-refractivity contribution < 1.29 is 9.47 Å². The molecule has 1 aliphatic heterocycles. The van der Waals surface area contributed by atoms with Crippen LogP contribution in [0, 0.1) is 0 Å². The molecular formula is C11H23BrN2O2. The molecule has 1 rings (SSSR count). The second-order valence-electron chi connectivity index (χ2n) is 3.98. The van der Waals surface area contributed by atoms with Gasteiger partial charge in [0.2, 0.25) is 0 Å². The first-order chi connectivity index (χ1) is 7.86. The number of ether oxygens (including phenoxy) is 2. The zero-order valence-electron chi connectivity index (χ0n) is 10.2. The minimum atomic E-state index is 0.693. The molecule has 0 spiro atoms. The lowest BCUT2D eigenvalue weighted by molar-refractivity contribution is 0.0469. The maximum absolute atomic E-state index is 5.46. The molecule has 16 heavy (non-hydrogen) atoms. The molecule has 0 radical (unpaired) electrons. The van der Waals surface area contributed by atoms with E-state index in [1.807, 2.05) is 0 Å². The van der Waals surface area contributed by atoms with Gasteiger partial charge in [-0.2, -0.15) is 0 Å². The van der Waals surface area contributed by atoms with Crippen molar-refractivity contribution in [1.29, 1.82) is 0 Å². The van der Waals surface area contributed by atoms with Crippen molar-refractivity contribution >= 4 is 15.9 Å². The molecule has 0 aromatic rings. The van der Waals surface area contributed by atoms with E-state index in [2.05, 4.69) is 25.7 Å². The van der Waals surface area contributed by atoms with Gasteiger partial charge < -0.3 is 9.47 Å². The van der Waals surface area contributed by atoms with Gasteiger partial charge >= 0.3 is 0 Å². The Morgan fingerprint density at radius 3 is 2.12 bits per heavy atom. The Morgan fingerprint density at radius 2 is 1.56 bits per heavy atom. The fourth-order valence-corrected chi connectivity index (χ4v) is 2.30. The minimum Gasteiger partial charge on any atom is -0.382 e. The second kappa shape index (κ2) is 9.36. The Balaban J connectivity index is 1.95. The molecule has 4 nitrogen and oxygen atoms in total. The third-order valence-corrected chi connectivity index (χ3v) is 3.20. The largest absolute Gasteiger partial charge is 0.382 e. The lowest BCUT2D eigenvalue weighted by atomic mass is 10.3. The number of hydrogen-bond donors (Lipinski definition) is 0. The van der Waals surface area contributed by atoms with Crippen molar-refractivity contribution in [2.24, 2.45) is 0 Å². The summed E-state index contributed by atoms with van der Waals surface area (Å²) in [5, 5.41) is 1.08. The summed E-state index contributed by atoms with van der Waals surface area (Å²) in [5.41, 5.74) is 0. The molecule has 1 aliphatic rings. The Morgan fingerprint density at radius 1 is 0.938 bits per heavy atom. The molecule has 1 heterocycles. The molecule has 0 aromatic heterocycles. The van der Waals surface area contributed by atoms with Crippen LogP contribution >= 0.6 is 15.9 Å². The highest BCUT2D eigenvalue weighted by molar-refractivity contribution is 9.09. The van der Waals surface area contributed by atoms with Gasteiger partial charge in [0.1, 0.15) is 0 Å². The predicted octanol–water partition coefficient (Wildman–Crippen LogP) is 0.662. The van der Waals surface area contributed by atoms with Crippen molar-refractivity contribution in [3.63, 3.8) is 0 Å². The van der Waals surface area contributed by atoms with Crippen LogP contribution in [0.4, 0.5) is 0 Å². The normalized spacial score (nSPS) is 19.1. The van der Waals surface area contributed by atoms with Gasteiger partial charge in [0, 0.05) is 51.7 Å². The molecule has 0 saturated carbocycles. The molecule has 0 aliphatic carbocycles. The Kier molecular flexibility index (Phi) is 8.41. The summed E-state index contributed by atoms with van der Waals surface area (Å²) in [5.74, 6) is 0. The van der Waals surface area contributed by atoms with Gasteiger partial charge in [-0.1, -0.05) is 15.9 Å². The summed E-state index contributed by atoms with van der Waals surface area (Å²) in [6, 6.07) is 0. The van der Waals surface area contributed by atoms with Crippen LogP contribution in [-0.4, -0.2) is 81.3 Å². The molecule has 1 fully saturated rings. The van der Waals surface area contributed by atoms with Crippen molar-refractivity contribution in [3.8, 4) is 0 Å². The minimum absolute atomic E-state index is 0.693. The molecule has 0 bridgehead atoms. The molecule has 0 unspecified atom stereocenters. The van der Waals surface area contributed by atoms with Gasteiger partial charge in [0.15, 0.2) is 0 Å². The first-order valence-corrected chi connectivity index (χ1v) is 7.06. The summed E-state index contributed by atoms with van der Waals surface area (Å²) >= 11 is 3.48. The average molecular weight is 295 g/mol. The monoisotopic (exact) mass is 294 g/mol. The Hall–Kier alpha value is 0.320. The molecule has 96 valence electrons. The fraction of sp³-hybridized carbons (Fsp3) is 1.00. The number of nitrogens with zero attached hydrogens (tertiary/aromatic N) is 2. The molecule has 0 amide bonds. The maximum Gasteiger partial charge on any atom is 0.0700 e. The van der Waals surface area contributed by atoms with E-state index in [0.29, 0.717) is 13.2 Å². The van der Waals surface area contributed by atoms with Gasteiger partial charge in [-0.05, 0) is 0 Å². The topological polar surface area (TPSA) is 24.9 Å². The van der Waals surface area contributed by atoms with E-state index in [1.54, 1.807) is 7.11 Å². The molecular weight excluding hydrogens is 272 g/mol. The Bertz CT molecular complexity index is 164. The number of piperazine rings is 1. The standard InChI is InChI=1S/C11H23BrN2O2/c1-15-10-11-16-9-8-14-6-4-13(3-2-12)5-7-14/h2-11H2,1H3. The van der Waals surface area contributed by atoms with E-state index in [-0.39, 0.29) is 0 Å². The summed E-state index contributed by atoms with van der Waals surface area (Å²) in [4.78, 5) is 4.97. The van der Waals surface area contributed by atoms with Gasteiger partial charge in [-0.25, -0.2) is 0 Å². The van der Waals surface area contributed by atoms with Crippen LogP contribution < -0.4 is 0 Å². The van der Waals surface area contributed by atoms with Crippen LogP contribution in [0.5, 0.6) is 0 Å². The van der Waals surface area contributed by atoms with Crippen LogP contribution in [0.1, 0.15) is 0 Å². The number of methoxy groups -OCH3 is 1. The van der Waals surface area contributed by atoms with Crippen LogP contribution in [0.15, 0.2) is 0 Å². The van der Waals surface area contributed by atoms with Crippen molar-refractivity contribution in [2.75, 3.05) is 71.5 Å². The van der Waals surface area contributed by atoms with Gasteiger partial charge in [0.05, 0.1) is 19.8 Å². The van der Waals surface area contributed by atoms with Crippen LogP contribution in [0.2, 0.25) is 0 Å². The van der Waals surface area contributed by atoms with Crippen molar-refractivity contribution in [1.82, 2.24) is 9.80 Å². The van der Waals surface area contributed by atoms with Crippen LogP contribution in [0.25, 0.3) is 0 Å². The Labute approximate surface area is 107 Å². The SMILES string of the molecule is COCCOCCN1CCN(CCBr)CC1. The van der Waals surface area contributed by atoms with Gasteiger partial charge in [-0.15, -0.1) is 0 Å². The molecule has 0 aromatic carbocycles. The third-order valence-electron chi connectivity index (χ3n) is 2.85. The molecule has 1 saturated heterocycles.